The maximum atomic E-state index is 9.81. The zero-order chi connectivity index (χ0) is 12.3. The monoisotopic (exact) mass is 234 g/mol. The molecule has 1 fully saturated rings. The lowest BCUT2D eigenvalue weighted by molar-refractivity contribution is -0.0616. The molecule has 0 bridgehead atoms. The molecule has 1 aliphatic carbocycles. The molecule has 0 spiro atoms. The van der Waals surface area contributed by atoms with Crippen molar-refractivity contribution in [1.29, 1.82) is 0 Å². The first kappa shape index (κ1) is 12.3. The molecule has 3 heteroatoms. The van der Waals surface area contributed by atoms with E-state index in [2.05, 4.69) is 6.58 Å². The highest BCUT2D eigenvalue weighted by atomic mass is 16.5. The number of benzene rings is 1. The van der Waals surface area contributed by atoms with Gasteiger partial charge in [-0.2, -0.15) is 0 Å². The van der Waals surface area contributed by atoms with Crippen LogP contribution in [-0.2, 0) is 11.3 Å². The van der Waals surface area contributed by atoms with Gasteiger partial charge in [0.15, 0.2) is 0 Å². The predicted octanol–water partition coefficient (Wildman–Crippen LogP) is 1.50. The van der Waals surface area contributed by atoms with Crippen LogP contribution in [-0.4, -0.2) is 28.5 Å². The Labute approximate surface area is 101 Å². The molecule has 1 saturated carbocycles. The fourth-order valence-electron chi connectivity index (χ4n) is 2.20. The Hall–Kier alpha value is -1.16. The summed E-state index contributed by atoms with van der Waals surface area (Å²) < 4.78 is 5.65. The van der Waals surface area contributed by atoms with Crippen molar-refractivity contribution < 1.29 is 14.9 Å². The van der Waals surface area contributed by atoms with Crippen LogP contribution >= 0.6 is 0 Å². The number of aliphatic hydroxyl groups is 2. The summed E-state index contributed by atoms with van der Waals surface area (Å²) in [6, 6.07) is 9.80. The Kier molecular flexibility index (Phi) is 3.94. The van der Waals surface area contributed by atoms with Crippen molar-refractivity contribution in [3.05, 3.63) is 48.6 Å². The molecule has 2 N–H and O–H groups in total. The summed E-state index contributed by atoms with van der Waals surface area (Å²) in [4.78, 5) is 0. The first-order valence-electron chi connectivity index (χ1n) is 5.86. The van der Waals surface area contributed by atoms with Gasteiger partial charge >= 0.3 is 0 Å². The van der Waals surface area contributed by atoms with Gasteiger partial charge in [-0.25, -0.2) is 0 Å². The van der Waals surface area contributed by atoms with Gasteiger partial charge < -0.3 is 14.9 Å². The van der Waals surface area contributed by atoms with Crippen LogP contribution in [0.4, 0.5) is 0 Å². The molecule has 2 rings (SSSR count). The Bertz CT molecular complexity index is 363. The summed E-state index contributed by atoms with van der Waals surface area (Å²) in [6.45, 7) is 4.11. The zero-order valence-electron chi connectivity index (χ0n) is 9.70. The Balaban J connectivity index is 1.90. The summed E-state index contributed by atoms with van der Waals surface area (Å²) >= 11 is 0. The highest BCUT2D eigenvalue weighted by Gasteiger charge is 2.40. The van der Waals surface area contributed by atoms with Crippen LogP contribution in [0.1, 0.15) is 12.0 Å². The molecule has 1 aromatic carbocycles. The van der Waals surface area contributed by atoms with E-state index in [1.165, 1.54) is 0 Å². The van der Waals surface area contributed by atoms with Crippen LogP contribution in [0.5, 0.6) is 0 Å². The average Bonchev–Trinajstić information content (AvgIpc) is 2.65. The van der Waals surface area contributed by atoms with Crippen molar-refractivity contribution in [3.63, 3.8) is 0 Å². The van der Waals surface area contributed by atoms with Gasteiger partial charge in [0.2, 0.25) is 0 Å². The van der Waals surface area contributed by atoms with E-state index in [4.69, 9.17) is 4.74 Å². The largest absolute Gasteiger partial charge is 0.390 e. The number of aliphatic hydroxyl groups excluding tert-OH is 2. The fourth-order valence-corrected chi connectivity index (χ4v) is 2.20. The molecule has 1 aliphatic rings. The first-order chi connectivity index (χ1) is 8.22. The molecule has 0 aliphatic heterocycles. The van der Waals surface area contributed by atoms with E-state index in [9.17, 15) is 10.2 Å². The Morgan fingerprint density at radius 3 is 2.53 bits per heavy atom. The van der Waals surface area contributed by atoms with Crippen LogP contribution in [0.15, 0.2) is 43.0 Å². The maximum Gasteiger partial charge on any atom is 0.107 e. The number of hydrogen-bond donors (Lipinski definition) is 2. The highest BCUT2D eigenvalue weighted by molar-refractivity contribution is 5.13. The molecule has 1 aromatic rings. The van der Waals surface area contributed by atoms with Gasteiger partial charge in [0, 0.05) is 5.92 Å². The summed E-state index contributed by atoms with van der Waals surface area (Å²) in [5, 5.41) is 19.5. The number of hydrogen-bond acceptors (Lipinski definition) is 3. The summed E-state index contributed by atoms with van der Waals surface area (Å²) in [6.07, 6.45) is 0.418. The molecule has 0 unspecified atom stereocenters. The third kappa shape index (κ3) is 2.75. The lowest BCUT2D eigenvalue weighted by atomic mass is 10.1. The number of rotatable bonds is 4. The lowest BCUT2D eigenvalue weighted by Gasteiger charge is -2.17. The summed E-state index contributed by atoms with van der Waals surface area (Å²) in [5.41, 5.74) is 1.07. The van der Waals surface area contributed by atoms with Crippen LogP contribution in [0.2, 0.25) is 0 Å². The maximum absolute atomic E-state index is 9.81. The average molecular weight is 234 g/mol. The second kappa shape index (κ2) is 5.45. The van der Waals surface area contributed by atoms with E-state index in [1.54, 1.807) is 6.08 Å². The minimum Gasteiger partial charge on any atom is -0.390 e. The Morgan fingerprint density at radius 2 is 1.94 bits per heavy atom. The first-order valence-corrected chi connectivity index (χ1v) is 5.86. The van der Waals surface area contributed by atoms with E-state index in [1.807, 2.05) is 30.3 Å². The summed E-state index contributed by atoms with van der Waals surface area (Å²) in [7, 11) is 0. The van der Waals surface area contributed by atoms with Crippen LogP contribution < -0.4 is 0 Å². The normalized spacial score (nSPS) is 32.6. The molecule has 92 valence electrons. The third-order valence-electron chi connectivity index (χ3n) is 3.28. The smallest absolute Gasteiger partial charge is 0.107 e. The van der Waals surface area contributed by atoms with Gasteiger partial charge in [-0.1, -0.05) is 36.4 Å². The van der Waals surface area contributed by atoms with Crippen molar-refractivity contribution in [2.75, 3.05) is 0 Å². The molecule has 0 radical (unpaired) electrons. The Morgan fingerprint density at radius 1 is 1.24 bits per heavy atom. The van der Waals surface area contributed by atoms with Gasteiger partial charge in [-0.05, 0) is 12.0 Å². The van der Waals surface area contributed by atoms with Crippen molar-refractivity contribution in [1.82, 2.24) is 0 Å². The van der Waals surface area contributed by atoms with E-state index >= 15 is 0 Å². The second-order valence-electron chi connectivity index (χ2n) is 4.45. The minimum atomic E-state index is -0.818. The van der Waals surface area contributed by atoms with E-state index in [0.29, 0.717) is 13.0 Å². The fraction of sp³-hybridized carbons (Fsp3) is 0.429. The molecule has 17 heavy (non-hydrogen) atoms. The van der Waals surface area contributed by atoms with Gasteiger partial charge in [-0.3, -0.25) is 0 Å². The molecule has 0 heterocycles. The zero-order valence-corrected chi connectivity index (χ0v) is 9.70. The lowest BCUT2D eigenvalue weighted by Crippen LogP contribution is -2.31. The quantitative estimate of drug-likeness (QED) is 0.776. The van der Waals surface area contributed by atoms with Crippen molar-refractivity contribution in [2.45, 2.75) is 31.3 Å². The molecule has 0 saturated heterocycles. The van der Waals surface area contributed by atoms with Crippen LogP contribution in [0.25, 0.3) is 0 Å². The second-order valence-corrected chi connectivity index (χ2v) is 4.45. The van der Waals surface area contributed by atoms with Crippen molar-refractivity contribution in [3.8, 4) is 0 Å². The molecular weight excluding hydrogens is 216 g/mol. The van der Waals surface area contributed by atoms with E-state index in [0.717, 1.165) is 5.56 Å². The van der Waals surface area contributed by atoms with Gasteiger partial charge in [0.05, 0.1) is 18.8 Å². The van der Waals surface area contributed by atoms with E-state index < -0.39 is 12.2 Å². The molecule has 0 amide bonds. The molecule has 4 atom stereocenters. The van der Waals surface area contributed by atoms with Gasteiger partial charge in [0.25, 0.3) is 0 Å². The SMILES string of the molecule is C=C[C@H]1C[C@H](OCc2ccccc2)[C@H](O)[C@@H]1O. The van der Waals surface area contributed by atoms with Crippen molar-refractivity contribution in [2.24, 2.45) is 5.92 Å². The molecule has 0 aromatic heterocycles. The van der Waals surface area contributed by atoms with Gasteiger partial charge in [-0.15, -0.1) is 6.58 Å². The van der Waals surface area contributed by atoms with Crippen LogP contribution in [0.3, 0.4) is 0 Å². The van der Waals surface area contributed by atoms with Crippen molar-refractivity contribution >= 4 is 0 Å². The minimum absolute atomic E-state index is 0.0780. The van der Waals surface area contributed by atoms with Gasteiger partial charge in [0.1, 0.15) is 6.10 Å². The standard InChI is InChI=1S/C14H18O3/c1-2-11-8-12(14(16)13(11)15)17-9-10-6-4-3-5-7-10/h2-7,11-16H,1,8-9H2/t11-,12-,13+,14-/m0/s1. The number of ether oxygens (including phenoxy) is 1. The van der Waals surface area contributed by atoms with E-state index in [-0.39, 0.29) is 12.0 Å². The third-order valence-corrected chi connectivity index (χ3v) is 3.28. The predicted molar refractivity (Wildman–Crippen MR) is 65.3 cm³/mol. The highest BCUT2D eigenvalue weighted by Crippen LogP contribution is 2.30. The van der Waals surface area contributed by atoms with Crippen LogP contribution in [0, 0.1) is 5.92 Å². The molecular formula is C14H18O3. The topological polar surface area (TPSA) is 49.7 Å². The molecule has 3 nitrogen and oxygen atoms in total. The summed E-state index contributed by atoms with van der Waals surface area (Å²) in [5.74, 6) is -0.0780.